The average molecular weight is 256 g/mol. The summed E-state index contributed by atoms with van der Waals surface area (Å²) in [6.07, 6.45) is 0. The fourth-order valence-electron chi connectivity index (χ4n) is 1.63. The third kappa shape index (κ3) is 3.75. The van der Waals surface area contributed by atoms with E-state index in [4.69, 9.17) is 5.11 Å². The zero-order chi connectivity index (χ0) is 13.7. The van der Waals surface area contributed by atoms with Crippen molar-refractivity contribution in [3.63, 3.8) is 0 Å². The van der Waals surface area contributed by atoms with Gasteiger partial charge in [-0.2, -0.15) is 0 Å². The molecule has 6 heteroatoms. The van der Waals surface area contributed by atoms with E-state index in [0.29, 0.717) is 0 Å². The maximum absolute atomic E-state index is 13.1. The van der Waals surface area contributed by atoms with Crippen LogP contribution in [0.25, 0.3) is 0 Å². The minimum absolute atomic E-state index is 0.0687. The second-order valence-corrected chi connectivity index (χ2v) is 4.44. The molecular weight excluding hydrogens is 239 g/mol. The van der Waals surface area contributed by atoms with Gasteiger partial charge in [-0.3, -0.25) is 10.1 Å². The van der Waals surface area contributed by atoms with E-state index in [1.807, 2.05) is 13.8 Å². The van der Waals surface area contributed by atoms with E-state index in [1.165, 1.54) is 0 Å². The van der Waals surface area contributed by atoms with Gasteiger partial charge in [-0.15, -0.1) is 0 Å². The van der Waals surface area contributed by atoms with Crippen molar-refractivity contribution in [3.05, 3.63) is 39.7 Å². The van der Waals surface area contributed by atoms with Crippen LogP contribution in [-0.2, 0) is 6.54 Å². The molecule has 1 atom stereocenters. The quantitative estimate of drug-likeness (QED) is 0.601. The number of halogens is 1. The van der Waals surface area contributed by atoms with Crippen LogP contribution >= 0.6 is 0 Å². The fourth-order valence-corrected chi connectivity index (χ4v) is 1.63. The van der Waals surface area contributed by atoms with Gasteiger partial charge in [0.05, 0.1) is 11.5 Å². The molecule has 2 N–H and O–H groups in total. The predicted octanol–water partition coefficient (Wildman–Crippen LogP) is 1.84. The first kappa shape index (κ1) is 14.5. The predicted molar refractivity (Wildman–Crippen MR) is 65.6 cm³/mol. The van der Waals surface area contributed by atoms with E-state index in [9.17, 15) is 14.5 Å². The lowest BCUT2D eigenvalue weighted by atomic mass is 10.0. The Balaban J connectivity index is 2.83. The van der Waals surface area contributed by atoms with Crippen LogP contribution in [0.15, 0.2) is 18.2 Å². The summed E-state index contributed by atoms with van der Waals surface area (Å²) in [5, 5.41) is 22.9. The molecule has 0 spiro atoms. The molecule has 0 aliphatic rings. The number of aliphatic hydroxyl groups is 1. The number of rotatable bonds is 6. The van der Waals surface area contributed by atoms with Crippen LogP contribution in [0.1, 0.15) is 19.4 Å². The van der Waals surface area contributed by atoms with Gasteiger partial charge in [-0.1, -0.05) is 13.8 Å². The van der Waals surface area contributed by atoms with Gasteiger partial charge in [0.1, 0.15) is 5.82 Å². The Morgan fingerprint density at radius 1 is 1.50 bits per heavy atom. The molecule has 1 aromatic carbocycles. The highest BCUT2D eigenvalue weighted by atomic mass is 19.1. The number of nitro groups is 1. The van der Waals surface area contributed by atoms with E-state index in [1.54, 1.807) is 0 Å². The fraction of sp³-hybridized carbons (Fsp3) is 0.500. The SMILES string of the molecule is CC(C)[C@@H](CO)NCc1cc(F)ccc1[N+](=O)[O-]. The summed E-state index contributed by atoms with van der Waals surface area (Å²) in [5.41, 5.74) is 0.156. The highest BCUT2D eigenvalue weighted by molar-refractivity contribution is 5.40. The van der Waals surface area contributed by atoms with Crippen molar-refractivity contribution in [2.75, 3.05) is 6.61 Å². The Bertz CT molecular complexity index is 424. The smallest absolute Gasteiger partial charge is 0.274 e. The van der Waals surface area contributed by atoms with Gasteiger partial charge in [-0.05, 0) is 18.1 Å². The Morgan fingerprint density at radius 3 is 2.67 bits per heavy atom. The lowest BCUT2D eigenvalue weighted by molar-refractivity contribution is -0.385. The second kappa shape index (κ2) is 6.42. The van der Waals surface area contributed by atoms with Crippen molar-refractivity contribution < 1.29 is 14.4 Å². The van der Waals surface area contributed by atoms with Crippen molar-refractivity contribution in [3.8, 4) is 0 Å². The zero-order valence-corrected chi connectivity index (χ0v) is 10.4. The standard InChI is InChI=1S/C12H17FN2O3/c1-8(2)11(7-16)14-6-9-5-10(13)3-4-12(9)15(17)18/h3-5,8,11,14,16H,6-7H2,1-2H3/t11-/m1/s1. The summed E-state index contributed by atoms with van der Waals surface area (Å²) in [5.74, 6) is -0.329. The van der Waals surface area contributed by atoms with Crippen LogP contribution in [-0.4, -0.2) is 22.7 Å². The van der Waals surface area contributed by atoms with Gasteiger partial charge in [0.2, 0.25) is 0 Å². The minimum Gasteiger partial charge on any atom is -0.395 e. The summed E-state index contributed by atoms with van der Waals surface area (Å²) in [6.45, 7) is 3.93. The van der Waals surface area contributed by atoms with Gasteiger partial charge < -0.3 is 10.4 Å². The lowest BCUT2D eigenvalue weighted by Crippen LogP contribution is -2.36. The number of benzene rings is 1. The molecule has 0 aromatic heterocycles. The molecule has 0 amide bonds. The Morgan fingerprint density at radius 2 is 2.17 bits per heavy atom. The van der Waals surface area contributed by atoms with Crippen molar-refractivity contribution in [2.24, 2.45) is 5.92 Å². The molecule has 0 radical (unpaired) electrons. The molecular formula is C12H17FN2O3. The number of hydrogen-bond donors (Lipinski definition) is 2. The largest absolute Gasteiger partial charge is 0.395 e. The number of nitro benzene ring substituents is 1. The Labute approximate surface area is 105 Å². The van der Waals surface area contributed by atoms with Gasteiger partial charge in [0.25, 0.3) is 5.69 Å². The van der Waals surface area contributed by atoms with E-state index in [0.717, 1.165) is 18.2 Å². The first-order valence-electron chi connectivity index (χ1n) is 5.72. The van der Waals surface area contributed by atoms with Crippen LogP contribution in [0.2, 0.25) is 0 Å². The summed E-state index contributed by atoms with van der Waals surface area (Å²) in [4.78, 5) is 10.2. The second-order valence-electron chi connectivity index (χ2n) is 4.44. The van der Waals surface area contributed by atoms with Crippen molar-refractivity contribution in [2.45, 2.75) is 26.4 Å². The average Bonchev–Trinajstić information content (AvgIpc) is 2.29. The number of aliphatic hydroxyl groups excluding tert-OH is 1. The van der Waals surface area contributed by atoms with Crippen molar-refractivity contribution >= 4 is 5.69 Å². The molecule has 1 aromatic rings. The number of nitrogens with one attached hydrogen (secondary N) is 1. The summed E-state index contributed by atoms with van der Waals surface area (Å²) < 4.78 is 13.1. The third-order valence-electron chi connectivity index (χ3n) is 2.79. The summed E-state index contributed by atoms with van der Waals surface area (Å²) >= 11 is 0. The Hall–Kier alpha value is -1.53. The molecule has 0 aliphatic heterocycles. The molecule has 0 bridgehead atoms. The molecule has 0 saturated heterocycles. The molecule has 0 unspecified atom stereocenters. The highest BCUT2D eigenvalue weighted by Gasteiger charge is 2.17. The monoisotopic (exact) mass is 256 g/mol. The topological polar surface area (TPSA) is 75.4 Å². The molecule has 0 heterocycles. The van der Waals surface area contributed by atoms with Gasteiger partial charge in [0, 0.05) is 24.2 Å². The lowest BCUT2D eigenvalue weighted by Gasteiger charge is -2.19. The molecule has 18 heavy (non-hydrogen) atoms. The number of nitrogens with zero attached hydrogens (tertiary/aromatic N) is 1. The van der Waals surface area contributed by atoms with E-state index in [2.05, 4.69) is 5.32 Å². The van der Waals surface area contributed by atoms with E-state index in [-0.39, 0.29) is 36.4 Å². The maximum Gasteiger partial charge on any atom is 0.274 e. The molecule has 5 nitrogen and oxygen atoms in total. The number of hydrogen-bond acceptors (Lipinski definition) is 4. The van der Waals surface area contributed by atoms with E-state index < -0.39 is 10.7 Å². The summed E-state index contributed by atoms with van der Waals surface area (Å²) in [6, 6.07) is 3.18. The first-order valence-corrected chi connectivity index (χ1v) is 5.72. The van der Waals surface area contributed by atoms with Crippen molar-refractivity contribution in [1.82, 2.24) is 5.32 Å². The van der Waals surface area contributed by atoms with E-state index >= 15 is 0 Å². The van der Waals surface area contributed by atoms with Crippen LogP contribution in [0.4, 0.5) is 10.1 Å². The summed E-state index contributed by atoms with van der Waals surface area (Å²) in [7, 11) is 0. The van der Waals surface area contributed by atoms with Crippen LogP contribution < -0.4 is 5.32 Å². The van der Waals surface area contributed by atoms with Crippen molar-refractivity contribution in [1.29, 1.82) is 0 Å². The van der Waals surface area contributed by atoms with Gasteiger partial charge in [0.15, 0.2) is 0 Å². The maximum atomic E-state index is 13.1. The van der Waals surface area contributed by atoms with Crippen LogP contribution in [0.5, 0.6) is 0 Å². The van der Waals surface area contributed by atoms with Crippen LogP contribution in [0, 0.1) is 21.8 Å². The van der Waals surface area contributed by atoms with Gasteiger partial charge in [-0.25, -0.2) is 4.39 Å². The van der Waals surface area contributed by atoms with Crippen LogP contribution in [0.3, 0.4) is 0 Å². The first-order chi connectivity index (χ1) is 8.45. The third-order valence-corrected chi connectivity index (χ3v) is 2.79. The molecule has 1 rings (SSSR count). The highest BCUT2D eigenvalue weighted by Crippen LogP contribution is 2.19. The molecule has 0 aliphatic carbocycles. The normalized spacial score (nSPS) is 12.7. The molecule has 0 fully saturated rings. The molecule has 0 saturated carbocycles. The Kier molecular flexibility index (Phi) is 5.18. The van der Waals surface area contributed by atoms with Gasteiger partial charge >= 0.3 is 0 Å². The minimum atomic E-state index is -0.542. The molecule has 100 valence electrons. The zero-order valence-electron chi connectivity index (χ0n) is 10.4.